The third-order valence-electron chi connectivity index (χ3n) is 5.89. The van der Waals surface area contributed by atoms with E-state index in [-0.39, 0.29) is 5.82 Å². The van der Waals surface area contributed by atoms with E-state index in [1.807, 2.05) is 28.7 Å². The van der Waals surface area contributed by atoms with E-state index in [4.69, 9.17) is 4.98 Å². The van der Waals surface area contributed by atoms with Crippen LogP contribution in [0.15, 0.2) is 97.2 Å². The molecule has 0 aliphatic rings. The zero-order valence-electron chi connectivity index (χ0n) is 17.0. The molecule has 2 nitrogen and oxygen atoms in total. The minimum absolute atomic E-state index is 0.281. The Morgan fingerprint density at radius 1 is 0.710 bits per heavy atom. The highest BCUT2D eigenvalue weighted by atomic mass is 19.1. The van der Waals surface area contributed by atoms with Gasteiger partial charge in [0.15, 0.2) is 0 Å². The SMILES string of the molecule is Cc1ccc2c(c1)c(-c1ccccc1)c(-c1ccccc1)c1c2nc2ccc(F)cn21. The Kier molecular flexibility index (Phi) is 3.90. The maximum absolute atomic E-state index is 14.3. The first-order valence-corrected chi connectivity index (χ1v) is 10.4. The summed E-state index contributed by atoms with van der Waals surface area (Å²) in [6, 6.07) is 30.4. The highest BCUT2D eigenvalue weighted by molar-refractivity contribution is 6.20. The molecular formula is C28H19FN2. The first kappa shape index (κ1) is 17.8. The molecule has 6 rings (SSSR count). The van der Waals surface area contributed by atoms with Gasteiger partial charge in [-0.1, -0.05) is 84.4 Å². The van der Waals surface area contributed by atoms with Crippen LogP contribution in [-0.4, -0.2) is 9.38 Å². The summed E-state index contributed by atoms with van der Waals surface area (Å²) >= 11 is 0. The van der Waals surface area contributed by atoms with Crippen LogP contribution in [0.2, 0.25) is 0 Å². The molecule has 0 N–H and O–H groups in total. The second-order valence-corrected chi connectivity index (χ2v) is 7.92. The Balaban J connectivity index is 1.95. The predicted octanol–water partition coefficient (Wildman–Crippen LogP) is 7.42. The number of benzene rings is 4. The van der Waals surface area contributed by atoms with Crippen LogP contribution in [0.1, 0.15) is 5.56 Å². The van der Waals surface area contributed by atoms with Gasteiger partial charge in [-0.15, -0.1) is 0 Å². The maximum atomic E-state index is 14.3. The standard InChI is InChI=1S/C28H19FN2/c1-18-12-14-22-23(16-18)25(19-8-4-2-5-9-19)26(20-10-6-3-7-11-20)28-27(22)30-24-15-13-21(29)17-31(24)28/h2-17H,1H3. The summed E-state index contributed by atoms with van der Waals surface area (Å²) in [5, 5.41) is 2.23. The Hall–Kier alpha value is -3.98. The Labute approximate surface area is 179 Å². The number of hydrogen-bond donors (Lipinski definition) is 0. The van der Waals surface area contributed by atoms with Gasteiger partial charge < -0.3 is 0 Å². The zero-order chi connectivity index (χ0) is 20.9. The fourth-order valence-corrected chi connectivity index (χ4v) is 4.56. The summed E-state index contributed by atoms with van der Waals surface area (Å²) in [6.45, 7) is 2.11. The first-order valence-electron chi connectivity index (χ1n) is 10.4. The van der Waals surface area contributed by atoms with Crippen LogP contribution in [0.3, 0.4) is 0 Å². The quantitative estimate of drug-likeness (QED) is 0.294. The number of nitrogens with zero attached hydrogens (tertiary/aromatic N) is 2. The van der Waals surface area contributed by atoms with E-state index in [0.29, 0.717) is 0 Å². The van der Waals surface area contributed by atoms with E-state index >= 15 is 0 Å². The van der Waals surface area contributed by atoms with Crippen molar-refractivity contribution in [3.05, 3.63) is 109 Å². The van der Waals surface area contributed by atoms with E-state index in [1.54, 1.807) is 6.07 Å². The molecule has 0 atom stereocenters. The van der Waals surface area contributed by atoms with Gasteiger partial charge in [0.05, 0.1) is 11.0 Å². The number of halogens is 1. The van der Waals surface area contributed by atoms with Crippen LogP contribution in [0, 0.1) is 12.7 Å². The van der Waals surface area contributed by atoms with Crippen LogP contribution in [0.5, 0.6) is 0 Å². The molecule has 0 aliphatic heterocycles. The molecule has 0 amide bonds. The minimum Gasteiger partial charge on any atom is -0.296 e. The molecule has 3 heteroatoms. The fourth-order valence-electron chi connectivity index (χ4n) is 4.56. The van der Waals surface area contributed by atoms with E-state index in [1.165, 1.54) is 17.8 Å². The molecule has 0 bridgehead atoms. The van der Waals surface area contributed by atoms with Gasteiger partial charge in [0, 0.05) is 17.1 Å². The molecular weight excluding hydrogens is 383 g/mol. The van der Waals surface area contributed by atoms with Gasteiger partial charge in [0.25, 0.3) is 0 Å². The Morgan fingerprint density at radius 2 is 1.39 bits per heavy atom. The molecule has 6 aromatic rings. The highest BCUT2D eigenvalue weighted by Crippen LogP contribution is 2.44. The van der Waals surface area contributed by atoms with Crippen LogP contribution >= 0.6 is 0 Å². The molecule has 0 aliphatic carbocycles. The minimum atomic E-state index is -0.281. The summed E-state index contributed by atoms with van der Waals surface area (Å²) in [6.07, 6.45) is 1.53. The average molecular weight is 402 g/mol. The molecule has 0 saturated heterocycles. The van der Waals surface area contributed by atoms with Crippen LogP contribution in [-0.2, 0) is 0 Å². The lowest BCUT2D eigenvalue weighted by Gasteiger charge is -2.17. The lowest BCUT2D eigenvalue weighted by molar-refractivity contribution is 0.620. The summed E-state index contributed by atoms with van der Waals surface area (Å²) in [4.78, 5) is 4.93. The predicted molar refractivity (Wildman–Crippen MR) is 126 cm³/mol. The number of fused-ring (bicyclic) bond motifs is 5. The van der Waals surface area contributed by atoms with Crippen molar-refractivity contribution in [2.75, 3.05) is 0 Å². The van der Waals surface area contributed by atoms with Crippen molar-refractivity contribution in [2.24, 2.45) is 0 Å². The molecule has 31 heavy (non-hydrogen) atoms. The summed E-state index contributed by atoms with van der Waals surface area (Å²) < 4.78 is 16.2. The molecule has 0 saturated carbocycles. The smallest absolute Gasteiger partial charge is 0.139 e. The van der Waals surface area contributed by atoms with Crippen LogP contribution in [0.4, 0.5) is 4.39 Å². The Bertz CT molecular complexity index is 1580. The Morgan fingerprint density at radius 3 is 2.10 bits per heavy atom. The lowest BCUT2D eigenvalue weighted by atomic mass is 9.87. The molecule has 4 aromatic carbocycles. The maximum Gasteiger partial charge on any atom is 0.139 e. The van der Waals surface area contributed by atoms with Gasteiger partial charge in [0.1, 0.15) is 11.5 Å². The summed E-state index contributed by atoms with van der Waals surface area (Å²) in [7, 11) is 0. The van der Waals surface area contributed by atoms with E-state index in [9.17, 15) is 4.39 Å². The number of pyridine rings is 1. The zero-order valence-corrected chi connectivity index (χ0v) is 17.0. The van der Waals surface area contributed by atoms with E-state index < -0.39 is 0 Å². The average Bonchev–Trinajstić information content (AvgIpc) is 3.17. The number of aromatic nitrogens is 2. The largest absolute Gasteiger partial charge is 0.296 e. The molecule has 0 unspecified atom stereocenters. The first-order chi connectivity index (χ1) is 15.2. The normalized spacial score (nSPS) is 11.5. The van der Waals surface area contributed by atoms with E-state index in [2.05, 4.69) is 61.5 Å². The summed E-state index contributed by atoms with van der Waals surface area (Å²) in [5.41, 5.74) is 8.17. The van der Waals surface area contributed by atoms with Gasteiger partial charge in [-0.05, 0) is 41.1 Å². The van der Waals surface area contributed by atoms with Crippen molar-refractivity contribution < 1.29 is 4.39 Å². The number of rotatable bonds is 2. The summed E-state index contributed by atoms with van der Waals surface area (Å²) in [5.74, 6) is -0.281. The molecule has 0 fully saturated rings. The molecule has 0 spiro atoms. The molecule has 2 aromatic heterocycles. The van der Waals surface area contributed by atoms with Crippen molar-refractivity contribution in [3.63, 3.8) is 0 Å². The van der Waals surface area contributed by atoms with Crippen LogP contribution < -0.4 is 0 Å². The van der Waals surface area contributed by atoms with Crippen LogP contribution in [0.25, 0.3) is 49.7 Å². The fraction of sp³-hybridized carbons (Fsp3) is 0.0357. The second-order valence-electron chi connectivity index (χ2n) is 7.92. The van der Waals surface area contributed by atoms with Crippen molar-refractivity contribution in [1.29, 1.82) is 0 Å². The second kappa shape index (κ2) is 6.78. The van der Waals surface area contributed by atoms with Gasteiger partial charge in [0.2, 0.25) is 0 Å². The van der Waals surface area contributed by atoms with Crippen molar-refractivity contribution in [1.82, 2.24) is 9.38 Å². The van der Waals surface area contributed by atoms with Gasteiger partial charge in [-0.3, -0.25) is 4.40 Å². The van der Waals surface area contributed by atoms with Gasteiger partial charge in [-0.2, -0.15) is 0 Å². The number of imidazole rings is 1. The van der Waals surface area contributed by atoms with Gasteiger partial charge >= 0.3 is 0 Å². The van der Waals surface area contributed by atoms with Gasteiger partial charge in [-0.25, -0.2) is 9.37 Å². The third-order valence-corrected chi connectivity index (χ3v) is 5.89. The van der Waals surface area contributed by atoms with Crippen molar-refractivity contribution in [2.45, 2.75) is 6.92 Å². The lowest BCUT2D eigenvalue weighted by Crippen LogP contribution is -1.94. The topological polar surface area (TPSA) is 17.3 Å². The van der Waals surface area contributed by atoms with Crippen molar-refractivity contribution in [3.8, 4) is 22.3 Å². The number of aryl methyl sites for hydroxylation is 1. The molecule has 2 heterocycles. The highest BCUT2D eigenvalue weighted by Gasteiger charge is 2.21. The third kappa shape index (κ3) is 2.74. The molecule has 148 valence electrons. The van der Waals surface area contributed by atoms with Crippen molar-refractivity contribution >= 4 is 27.5 Å². The molecule has 0 radical (unpaired) electrons. The van der Waals surface area contributed by atoms with E-state index in [0.717, 1.165) is 49.7 Å². The monoisotopic (exact) mass is 402 g/mol. The number of hydrogen-bond acceptors (Lipinski definition) is 1.